The molecule has 0 fully saturated rings. The van der Waals surface area contributed by atoms with Gasteiger partial charge in [-0.25, -0.2) is 4.79 Å². The Bertz CT molecular complexity index is 1070. The lowest BCUT2D eigenvalue weighted by molar-refractivity contribution is 0.262. The molecule has 5 nitrogen and oxygen atoms in total. The molecule has 0 atom stereocenters. The number of anilines is 2. The number of urea groups is 1. The van der Waals surface area contributed by atoms with Crippen LogP contribution in [0.2, 0.25) is 0 Å². The van der Waals surface area contributed by atoms with Crippen LogP contribution in [0.5, 0.6) is 0 Å². The number of nitrogens with zero attached hydrogens (tertiary/aromatic N) is 1. The number of amides is 2. The molecule has 0 saturated heterocycles. The van der Waals surface area contributed by atoms with Crippen molar-refractivity contribution in [2.75, 3.05) is 10.6 Å². The first-order valence-corrected chi connectivity index (χ1v) is 9.52. The van der Waals surface area contributed by atoms with Crippen LogP contribution >= 0.6 is 11.8 Å². The van der Waals surface area contributed by atoms with Gasteiger partial charge in [0.2, 0.25) is 0 Å². The van der Waals surface area contributed by atoms with Crippen LogP contribution in [0.15, 0.2) is 105 Å². The van der Waals surface area contributed by atoms with Crippen molar-refractivity contribution in [1.29, 1.82) is 0 Å². The van der Waals surface area contributed by atoms with E-state index in [1.807, 2.05) is 84.9 Å². The number of hydrogen-bond donors (Lipinski definition) is 2. The van der Waals surface area contributed by atoms with E-state index in [9.17, 15) is 4.79 Å². The molecule has 0 unspecified atom stereocenters. The monoisotopic (exact) mass is 387 g/mol. The highest BCUT2D eigenvalue weighted by atomic mass is 32.2. The van der Waals surface area contributed by atoms with Crippen molar-refractivity contribution in [2.45, 2.75) is 9.79 Å². The van der Waals surface area contributed by atoms with Crippen molar-refractivity contribution in [2.24, 2.45) is 0 Å². The molecular formula is C22H17N3O2S. The first-order chi connectivity index (χ1) is 13.8. The van der Waals surface area contributed by atoms with E-state index in [1.165, 1.54) is 0 Å². The third kappa shape index (κ3) is 4.42. The number of rotatable bonds is 5. The second kappa shape index (κ2) is 8.45. The van der Waals surface area contributed by atoms with Gasteiger partial charge in [0.05, 0.1) is 5.69 Å². The van der Waals surface area contributed by atoms with Gasteiger partial charge in [-0.2, -0.15) is 0 Å². The Labute approximate surface area is 166 Å². The van der Waals surface area contributed by atoms with Crippen LogP contribution in [0.1, 0.15) is 0 Å². The molecule has 0 spiro atoms. The van der Waals surface area contributed by atoms with Gasteiger partial charge in [0.15, 0.2) is 11.6 Å². The van der Waals surface area contributed by atoms with Gasteiger partial charge in [-0.05, 0) is 24.3 Å². The number of para-hydroxylation sites is 1. The number of benzene rings is 3. The van der Waals surface area contributed by atoms with Gasteiger partial charge < -0.3 is 9.84 Å². The predicted molar refractivity (Wildman–Crippen MR) is 112 cm³/mol. The molecule has 138 valence electrons. The molecule has 6 heteroatoms. The van der Waals surface area contributed by atoms with Crippen LogP contribution in [0.4, 0.5) is 16.3 Å². The normalized spacial score (nSPS) is 10.4. The lowest BCUT2D eigenvalue weighted by atomic mass is 10.2. The number of carbonyl (C=O) groups excluding carboxylic acids is 1. The predicted octanol–water partition coefficient (Wildman–Crippen LogP) is 6.14. The number of hydrogen-bond acceptors (Lipinski definition) is 4. The summed E-state index contributed by atoms with van der Waals surface area (Å²) in [6.07, 6.45) is 0. The van der Waals surface area contributed by atoms with E-state index >= 15 is 0 Å². The Balaban J connectivity index is 1.44. The summed E-state index contributed by atoms with van der Waals surface area (Å²) >= 11 is 1.59. The largest absolute Gasteiger partial charge is 0.354 e. The van der Waals surface area contributed by atoms with Gasteiger partial charge in [0.25, 0.3) is 0 Å². The fourth-order valence-corrected chi connectivity index (χ4v) is 3.54. The minimum Gasteiger partial charge on any atom is -0.354 e. The molecule has 1 aromatic heterocycles. The molecular weight excluding hydrogens is 370 g/mol. The summed E-state index contributed by atoms with van der Waals surface area (Å²) in [6.45, 7) is 0. The van der Waals surface area contributed by atoms with Crippen LogP contribution in [0.25, 0.3) is 11.3 Å². The average molecular weight is 387 g/mol. The van der Waals surface area contributed by atoms with Gasteiger partial charge in [0.1, 0.15) is 0 Å². The van der Waals surface area contributed by atoms with Crippen LogP contribution in [0.3, 0.4) is 0 Å². The maximum Gasteiger partial charge on any atom is 0.324 e. The van der Waals surface area contributed by atoms with E-state index in [2.05, 4.69) is 15.8 Å². The molecule has 1 heterocycles. The van der Waals surface area contributed by atoms with Crippen molar-refractivity contribution in [3.05, 3.63) is 91.0 Å². The third-order valence-electron chi connectivity index (χ3n) is 3.92. The van der Waals surface area contributed by atoms with Gasteiger partial charge in [-0.3, -0.25) is 5.32 Å². The third-order valence-corrected chi connectivity index (χ3v) is 5.00. The van der Waals surface area contributed by atoms with Crippen molar-refractivity contribution < 1.29 is 9.32 Å². The number of aromatic nitrogens is 1. The smallest absolute Gasteiger partial charge is 0.324 e. The summed E-state index contributed by atoms with van der Waals surface area (Å²) in [7, 11) is 0. The molecule has 3 aromatic carbocycles. The van der Waals surface area contributed by atoms with Crippen LogP contribution in [-0.4, -0.2) is 11.2 Å². The maximum absolute atomic E-state index is 12.4. The van der Waals surface area contributed by atoms with Crippen LogP contribution in [0, 0.1) is 0 Å². The van der Waals surface area contributed by atoms with Gasteiger partial charge >= 0.3 is 6.03 Å². The first-order valence-electron chi connectivity index (χ1n) is 8.70. The molecule has 2 amide bonds. The van der Waals surface area contributed by atoms with Gasteiger partial charge in [-0.15, -0.1) is 0 Å². The van der Waals surface area contributed by atoms with Gasteiger partial charge in [0, 0.05) is 21.4 Å². The quantitative estimate of drug-likeness (QED) is 0.432. The summed E-state index contributed by atoms with van der Waals surface area (Å²) in [6, 6.07) is 28.6. The molecule has 4 rings (SSSR count). The highest BCUT2D eigenvalue weighted by Gasteiger charge is 2.11. The summed E-state index contributed by atoms with van der Waals surface area (Å²) in [5, 5.41) is 9.50. The second-order valence-electron chi connectivity index (χ2n) is 5.93. The molecule has 0 saturated carbocycles. The summed E-state index contributed by atoms with van der Waals surface area (Å²) in [5.74, 6) is 0.945. The highest BCUT2D eigenvalue weighted by Crippen LogP contribution is 2.33. The van der Waals surface area contributed by atoms with Crippen LogP contribution < -0.4 is 10.6 Å². The molecule has 0 aliphatic heterocycles. The zero-order chi connectivity index (χ0) is 19.2. The zero-order valence-electron chi connectivity index (χ0n) is 14.8. The Morgan fingerprint density at radius 2 is 1.50 bits per heavy atom. The average Bonchev–Trinajstić information content (AvgIpc) is 3.19. The lowest BCUT2D eigenvalue weighted by Crippen LogP contribution is -2.19. The van der Waals surface area contributed by atoms with E-state index in [-0.39, 0.29) is 6.03 Å². The summed E-state index contributed by atoms with van der Waals surface area (Å²) in [5.41, 5.74) is 1.62. The van der Waals surface area contributed by atoms with Gasteiger partial charge in [-0.1, -0.05) is 77.6 Å². The van der Waals surface area contributed by atoms with Crippen molar-refractivity contribution in [3.8, 4) is 11.3 Å². The fraction of sp³-hybridized carbons (Fsp3) is 0. The molecule has 4 aromatic rings. The van der Waals surface area contributed by atoms with E-state index in [4.69, 9.17) is 4.52 Å². The van der Waals surface area contributed by atoms with E-state index in [0.717, 1.165) is 21.0 Å². The Morgan fingerprint density at radius 3 is 2.29 bits per heavy atom. The molecule has 2 N–H and O–H groups in total. The van der Waals surface area contributed by atoms with Crippen LogP contribution in [-0.2, 0) is 0 Å². The lowest BCUT2D eigenvalue weighted by Gasteiger charge is -2.10. The standard InChI is InChI=1S/C22H17N3O2S/c26-22(24-21-15-19(27-25-21)16-9-3-1-4-10-16)23-18-13-7-8-14-20(18)28-17-11-5-2-6-12-17/h1-15H,(H2,23,24,25,26). The maximum atomic E-state index is 12.4. The van der Waals surface area contributed by atoms with E-state index in [0.29, 0.717) is 11.6 Å². The Hall–Kier alpha value is -3.51. The number of carbonyl (C=O) groups is 1. The molecule has 0 radical (unpaired) electrons. The molecule has 0 bridgehead atoms. The molecule has 28 heavy (non-hydrogen) atoms. The van der Waals surface area contributed by atoms with Crippen molar-refractivity contribution in [3.63, 3.8) is 0 Å². The minimum atomic E-state index is -0.381. The van der Waals surface area contributed by atoms with E-state index < -0.39 is 0 Å². The second-order valence-corrected chi connectivity index (χ2v) is 7.05. The summed E-state index contributed by atoms with van der Waals surface area (Å²) < 4.78 is 5.31. The topological polar surface area (TPSA) is 67.2 Å². The SMILES string of the molecule is O=C(Nc1cc(-c2ccccc2)on1)Nc1ccccc1Sc1ccccc1. The molecule has 0 aliphatic carbocycles. The van der Waals surface area contributed by atoms with Crippen molar-refractivity contribution in [1.82, 2.24) is 5.16 Å². The van der Waals surface area contributed by atoms with E-state index in [1.54, 1.807) is 17.8 Å². The fourth-order valence-electron chi connectivity index (χ4n) is 2.62. The highest BCUT2D eigenvalue weighted by molar-refractivity contribution is 7.99. The number of nitrogens with one attached hydrogen (secondary N) is 2. The summed E-state index contributed by atoms with van der Waals surface area (Å²) in [4.78, 5) is 14.5. The Kier molecular flexibility index (Phi) is 5.40. The zero-order valence-corrected chi connectivity index (χ0v) is 15.6. The molecule has 0 aliphatic rings. The minimum absolute atomic E-state index is 0.351. The first kappa shape index (κ1) is 17.9. The Morgan fingerprint density at radius 1 is 0.821 bits per heavy atom. The van der Waals surface area contributed by atoms with Crippen molar-refractivity contribution >= 4 is 29.3 Å².